The third-order valence-electron chi connectivity index (χ3n) is 6.12. The summed E-state index contributed by atoms with van der Waals surface area (Å²) in [6.07, 6.45) is 1.51. The number of hydrogen-bond donors (Lipinski definition) is 3. The van der Waals surface area contributed by atoms with Crippen LogP contribution in [-0.2, 0) is 0 Å². The van der Waals surface area contributed by atoms with Crippen LogP contribution in [0, 0.1) is 18.6 Å². The van der Waals surface area contributed by atoms with Gasteiger partial charge in [-0.1, -0.05) is 53.2 Å². The van der Waals surface area contributed by atoms with Crippen LogP contribution < -0.4 is 5.56 Å². The van der Waals surface area contributed by atoms with Gasteiger partial charge in [-0.3, -0.25) is 4.79 Å². The number of pyridine rings is 1. The number of carbonyl (C=O) groups is 1. The molecule has 3 aromatic carbocycles. The van der Waals surface area contributed by atoms with E-state index in [1.165, 1.54) is 24.4 Å². The van der Waals surface area contributed by atoms with Gasteiger partial charge in [0.05, 0.1) is 11.3 Å². The highest BCUT2D eigenvalue weighted by Crippen LogP contribution is 2.34. The molecule has 1 atom stereocenters. The first-order valence-electron chi connectivity index (χ1n) is 11.2. The first kappa shape index (κ1) is 25.8. The molecule has 0 saturated carbocycles. The fourth-order valence-corrected chi connectivity index (χ4v) is 4.30. The van der Waals surface area contributed by atoms with Crippen molar-refractivity contribution in [2.24, 2.45) is 5.16 Å². The number of carboxylic acid groups (broad SMARTS) is 1. The van der Waals surface area contributed by atoms with Crippen molar-refractivity contribution in [3.63, 3.8) is 0 Å². The predicted molar refractivity (Wildman–Crippen MR) is 137 cm³/mol. The predicted octanol–water partition coefficient (Wildman–Crippen LogP) is 6.38. The van der Waals surface area contributed by atoms with Gasteiger partial charge in [0.2, 0.25) is 0 Å². The van der Waals surface area contributed by atoms with E-state index < -0.39 is 29.1 Å². The molecule has 0 aliphatic heterocycles. The lowest BCUT2D eigenvalue weighted by atomic mass is 9.84. The molecule has 0 fully saturated rings. The molecule has 1 aromatic heterocycles. The Morgan fingerprint density at radius 1 is 1.00 bits per heavy atom. The number of nitrogens with one attached hydrogen (secondary N) is 1. The molecule has 0 bridgehead atoms. The van der Waals surface area contributed by atoms with E-state index in [4.69, 9.17) is 16.7 Å². The fraction of sp³-hybridized carbons (Fsp3) is 0.107. The van der Waals surface area contributed by atoms with Crippen molar-refractivity contribution in [3.05, 3.63) is 128 Å². The number of halogens is 3. The largest absolute Gasteiger partial charge is 0.478 e. The number of carboxylic acids is 1. The summed E-state index contributed by atoms with van der Waals surface area (Å²) in [5.74, 6) is -3.35. The Morgan fingerprint density at radius 2 is 1.70 bits per heavy atom. The third kappa shape index (κ3) is 5.59. The van der Waals surface area contributed by atoms with E-state index in [0.717, 1.165) is 6.07 Å². The minimum Gasteiger partial charge on any atom is -0.478 e. The Labute approximate surface area is 215 Å². The standard InChI is InChI=1S/C28H21ClF2N2O4/c1-15-10-19(14-32-27(15)34)26(33-37)13-23(21-9-7-20(29)12-25(21)31)17-4-2-16(3-5-17)18-6-8-22(28(35)36)24(30)11-18/h2-12,14,23,37H,13H2,1H3,(H,32,34)(H,35,36)/b33-26+/t23-/m1/s1. The second-order valence-electron chi connectivity index (χ2n) is 8.49. The summed E-state index contributed by atoms with van der Waals surface area (Å²) < 4.78 is 29.2. The Kier molecular flexibility index (Phi) is 7.50. The number of aromatic nitrogens is 1. The first-order chi connectivity index (χ1) is 17.7. The minimum absolute atomic E-state index is 0.0851. The quantitative estimate of drug-likeness (QED) is 0.149. The van der Waals surface area contributed by atoms with Gasteiger partial charge in [0.25, 0.3) is 5.56 Å². The first-order valence-corrected chi connectivity index (χ1v) is 11.5. The molecule has 9 heteroatoms. The molecule has 37 heavy (non-hydrogen) atoms. The van der Waals surface area contributed by atoms with Crippen LogP contribution in [-0.4, -0.2) is 27.0 Å². The van der Waals surface area contributed by atoms with Gasteiger partial charge < -0.3 is 15.3 Å². The van der Waals surface area contributed by atoms with Gasteiger partial charge in [-0.25, -0.2) is 13.6 Å². The number of nitrogens with zero attached hydrogens (tertiary/aromatic N) is 1. The maximum Gasteiger partial charge on any atom is 0.338 e. The number of H-pyrrole nitrogens is 1. The summed E-state index contributed by atoms with van der Waals surface area (Å²) in [5.41, 5.74) is 2.53. The molecule has 0 aliphatic carbocycles. The van der Waals surface area contributed by atoms with E-state index in [1.54, 1.807) is 49.4 Å². The topological polar surface area (TPSA) is 103 Å². The average Bonchev–Trinajstić information content (AvgIpc) is 2.87. The number of aromatic amines is 1. The zero-order valence-corrected chi connectivity index (χ0v) is 20.3. The summed E-state index contributed by atoms with van der Waals surface area (Å²) in [5, 5.41) is 22.5. The van der Waals surface area contributed by atoms with E-state index in [9.17, 15) is 19.2 Å². The van der Waals surface area contributed by atoms with Crippen LogP contribution in [0.25, 0.3) is 11.1 Å². The summed E-state index contributed by atoms with van der Waals surface area (Å²) in [6, 6.07) is 16.7. The second-order valence-corrected chi connectivity index (χ2v) is 8.93. The molecular formula is C28H21ClF2N2O4. The van der Waals surface area contributed by atoms with Crippen molar-refractivity contribution in [2.45, 2.75) is 19.3 Å². The van der Waals surface area contributed by atoms with E-state index in [2.05, 4.69) is 10.1 Å². The molecule has 0 radical (unpaired) electrons. The van der Waals surface area contributed by atoms with Gasteiger partial charge in [-0.15, -0.1) is 0 Å². The number of aryl methyl sites for hydroxylation is 1. The Morgan fingerprint density at radius 3 is 2.30 bits per heavy atom. The molecule has 0 unspecified atom stereocenters. The van der Waals surface area contributed by atoms with Crippen LogP contribution in [0.1, 0.15) is 45.0 Å². The van der Waals surface area contributed by atoms with Gasteiger partial charge in [0, 0.05) is 34.7 Å². The van der Waals surface area contributed by atoms with E-state index in [1.807, 2.05) is 0 Å². The number of benzene rings is 3. The van der Waals surface area contributed by atoms with Gasteiger partial charge in [-0.2, -0.15) is 0 Å². The van der Waals surface area contributed by atoms with Crippen molar-refractivity contribution < 1.29 is 23.9 Å². The summed E-state index contributed by atoms with van der Waals surface area (Å²) >= 11 is 5.96. The van der Waals surface area contributed by atoms with Gasteiger partial charge in [0.15, 0.2) is 0 Å². The number of aromatic carboxylic acids is 1. The van der Waals surface area contributed by atoms with Gasteiger partial charge in [-0.05, 0) is 59.5 Å². The molecule has 0 amide bonds. The highest BCUT2D eigenvalue weighted by molar-refractivity contribution is 6.30. The molecule has 0 spiro atoms. The number of oxime groups is 1. The average molecular weight is 523 g/mol. The fourth-order valence-electron chi connectivity index (χ4n) is 4.14. The van der Waals surface area contributed by atoms with Crippen LogP contribution in [0.15, 0.2) is 82.9 Å². The Hall–Kier alpha value is -4.30. The monoisotopic (exact) mass is 522 g/mol. The molecule has 1 heterocycles. The van der Waals surface area contributed by atoms with Crippen LogP contribution in [0.4, 0.5) is 8.78 Å². The van der Waals surface area contributed by atoms with Gasteiger partial charge in [0.1, 0.15) is 11.6 Å². The summed E-state index contributed by atoms with van der Waals surface area (Å²) in [7, 11) is 0. The SMILES string of the molecule is Cc1cc(/C(C[C@H](c2ccc(-c3ccc(C(=O)O)c(F)c3)cc2)c2ccc(Cl)cc2F)=N/O)c[nH]c1=O. The lowest BCUT2D eigenvalue weighted by Gasteiger charge is -2.20. The third-order valence-corrected chi connectivity index (χ3v) is 6.36. The van der Waals surface area contributed by atoms with Crippen LogP contribution in [0.2, 0.25) is 5.02 Å². The van der Waals surface area contributed by atoms with Crippen molar-refractivity contribution >= 4 is 23.3 Å². The van der Waals surface area contributed by atoms with Crippen LogP contribution >= 0.6 is 11.6 Å². The van der Waals surface area contributed by atoms with E-state index in [-0.39, 0.29) is 22.7 Å². The highest BCUT2D eigenvalue weighted by Gasteiger charge is 2.23. The molecule has 4 rings (SSSR count). The number of hydrogen-bond acceptors (Lipinski definition) is 4. The maximum atomic E-state index is 15.0. The molecule has 3 N–H and O–H groups in total. The van der Waals surface area contributed by atoms with Crippen molar-refractivity contribution in [2.75, 3.05) is 0 Å². The zero-order chi connectivity index (χ0) is 26.7. The molecule has 6 nitrogen and oxygen atoms in total. The zero-order valence-electron chi connectivity index (χ0n) is 19.5. The summed E-state index contributed by atoms with van der Waals surface area (Å²) in [4.78, 5) is 25.5. The molecule has 188 valence electrons. The maximum absolute atomic E-state index is 15.0. The van der Waals surface area contributed by atoms with Crippen LogP contribution in [0.5, 0.6) is 0 Å². The van der Waals surface area contributed by atoms with E-state index in [0.29, 0.717) is 33.4 Å². The van der Waals surface area contributed by atoms with Crippen LogP contribution in [0.3, 0.4) is 0 Å². The lowest BCUT2D eigenvalue weighted by Crippen LogP contribution is -2.15. The highest BCUT2D eigenvalue weighted by atomic mass is 35.5. The normalized spacial score (nSPS) is 12.4. The molecule has 4 aromatic rings. The Bertz CT molecular complexity index is 1570. The van der Waals surface area contributed by atoms with Crippen molar-refractivity contribution in [3.8, 4) is 11.1 Å². The molecular weight excluding hydrogens is 502 g/mol. The Balaban J connectivity index is 1.74. The summed E-state index contributed by atoms with van der Waals surface area (Å²) in [6.45, 7) is 1.62. The molecule has 0 aliphatic rings. The second kappa shape index (κ2) is 10.8. The van der Waals surface area contributed by atoms with Crippen molar-refractivity contribution in [1.82, 2.24) is 4.98 Å². The smallest absolute Gasteiger partial charge is 0.338 e. The number of rotatable bonds is 7. The van der Waals surface area contributed by atoms with E-state index >= 15 is 4.39 Å². The van der Waals surface area contributed by atoms with Crippen molar-refractivity contribution in [1.29, 1.82) is 0 Å². The van der Waals surface area contributed by atoms with Gasteiger partial charge >= 0.3 is 5.97 Å². The minimum atomic E-state index is -1.36. The molecule has 0 saturated heterocycles. The lowest BCUT2D eigenvalue weighted by molar-refractivity contribution is 0.0692.